The summed E-state index contributed by atoms with van der Waals surface area (Å²) in [5.74, 6) is -3.53. The van der Waals surface area contributed by atoms with Crippen LogP contribution in [0.5, 0.6) is 0 Å². The van der Waals surface area contributed by atoms with E-state index in [9.17, 15) is 32.9 Å². The van der Waals surface area contributed by atoms with Gasteiger partial charge in [0.15, 0.2) is 17.3 Å². The van der Waals surface area contributed by atoms with Crippen molar-refractivity contribution < 1.29 is 27.7 Å². The lowest BCUT2D eigenvalue weighted by Gasteiger charge is -2.19. The number of rotatable bonds is 3. The van der Waals surface area contributed by atoms with Gasteiger partial charge in [0.25, 0.3) is 5.70 Å². The first kappa shape index (κ1) is 16.0. The van der Waals surface area contributed by atoms with Crippen LogP contribution in [0.3, 0.4) is 0 Å². The monoisotopic (exact) mass is 325 g/mol. The van der Waals surface area contributed by atoms with Crippen molar-refractivity contribution in [2.24, 2.45) is 5.92 Å². The molecular weight excluding hydrogens is 314 g/mol. The molecule has 1 fully saturated rings. The lowest BCUT2D eigenvalue weighted by Crippen LogP contribution is -2.37. The Hall–Kier alpha value is -2.42. The molecule has 8 nitrogen and oxygen atoms in total. The largest absolute Gasteiger partial charge is 0.298 e. The second kappa shape index (κ2) is 6.14. The van der Waals surface area contributed by atoms with Gasteiger partial charge in [0.1, 0.15) is 5.92 Å². The standard InChI is InChI=1S/C13H11NO7S/c15-10-2-1-3-11(16)12(10)13(17)8-5-4-7(22(20)21)6-9(8)14(18)19/h5-6,12H,1-4H2. The van der Waals surface area contributed by atoms with Crippen LogP contribution in [-0.4, -0.2) is 35.6 Å². The molecule has 0 bridgehead atoms. The molecule has 9 heteroatoms. The van der Waals surface area contributed by atoms with Crippen LogP contribution in [0.4, 0.5) is 0 Å². The number of nitro groups is 1. The van der Waals surface area contributed by atoms with E-state index in [0.29, 0.717) is 6.42 Å². The summed E-state index contributed by atoms with van der Waals surface area (Å²) in [6, 6.07) is 0. The molecule has 0 N–H and O–H groups in total. The van der Waals surface area contributed by atoms with Crippen LogP contribution in [0.1, 0.15) is 25.7 Å². The van der Waals surface area contributed by atoms with Crippen molar-refractivity contribution in [2.75, 3.05) is 0 Å². The summed E-state index contributed by atoms with van der Waals surface area (Å²) in [6.45, 7) is 0. The summed E-state index contributed by atoms with van der Waals surface area (Å²) in [5, 5.41) is 11.0. The van der Waals surface area contributed by atoms with Crippen LogP contribution >= 0.6 is 0 Å². The van der Waals surface area contributed by atoms with E-state index < -0.39 is 44.2 Å². The van der Waals surface area contributed by atoms with Crippen LogP contribution < -0.4 is 0 Å². The number of Topliss-reactive ketones (excluding diaryl/α,β-unsaturated/α-hetero) is 3. The molecule has 0 aromatic heterocycles. The zero-order valence-corrected chi connectivity index (χ0v) is 12.1. The minimum absolute atomic E-state index is 0.0783. The molecule has 0 heterocycles. The van der Waals surface area contributed by atoms with E-state index in [1.165, 1.54) is 0 Å². The van der Waals surface area contributed by atoms with Crippen molar-refractivity contribution in [1.29, 1.82) is 0 Å². The first-order valence-corrected chi connectivity index (χ1v) is 7.51. The van der Waals surface area contributed by atoms with Gasteiger partial charge >= 0.3 is 0 Å². The molecule has 0 saturated heterocycles. The van der Waals surface area contributed by atoms with Crippen molar-refractivity contribution in [3.8, 4) is 0 Å². The van der Waals surface area contributed by atoms with E-state index in [-0.39, 0.29) is 29.7 Å². The third-order valence-electron chi connectivity index (χ3n) is 3.51. The summed E-state index contributed by atoms with van der Waals surface area (Å²) >= 11 is 0. The topological polar surface area (TPSA) is 128 Å². The molecule has 2 rings (SSSR count). The fourth-order valence-corrected chi connectivity index (χ4v) is 2.87. The number of nitrogens with zero attached hydrogens (tertiary/aromatic N) is 1. The average Bonchev–Trinajstić information content (AvgIpc) is 2.46. The lowest BCUT2D eigenvalue weighted by molar-refractivity contribution is -0.420. The first-order valence-electron chi connectivity index (χ1n) is 6.44. The van der Waals surface area contributed by atoms with Gasteiger partial charge in [-0.05, 0) is 6.42 Å². The van der Waals surface area contributed by atoms with E-state index in [4.69, 9.17) is 0 Å². The summed E-state index contributed by atoms with van der Waals surface area (Å²) in [7, 11) is -2.64. The molecule has 1 saturated carbocycles. The zero-order valence-electron chi connectivity index (χ0n) is 11.3. The van der Waals surface area contributed by atoms with Gasteiger partial charge in [-0.3, -0.25) is 24.5 Å². The number of carbonyl (C=O) groups is 3. The number of hydrogen-bond donors (Lipinski definition) is 0. The van der Waals surface area contributed by atoms with Gasteiger partial charge in [-0.25, -0.2) is 0 Å². The summed E-state index contributed by atoms with van der Waals surface area (Å²) in [5.41, 5.74) is -1.09. The highest BCUT2D eigenvalue weighted by Crippen LogP contribution is 2.26. The van der Waals surface area contributed by atoms with Gasteiger partial charge in [-0.2, -0.15) is 8.42 Å². The minimum Gasteiger partial charge on any atom is -0.298 e. The maximum Gasteiger partial charge on any atom is 0.281 e. The van der Waals surface area contributed by atoms with Gasteiger partial charge < -0.3 is 0 Å². The average molecular weight is 325 g/mol. The quantitative estimate of drug-likeness (QED) is 0.310. The van der Waals surface area contributed by atoms with E-state index in [2.05, 4.69) is 0 Å². The van der Waals surface area contributed by atoms with Gasteiger partial charge in [-0.1, -0.05) is 6.08 Å². The SMILES string of the molecule is O=C1CCCC(=O)C1C(=O)C1=CCC(=S(=O)=O)C=C1[N+](=O)[O-]. The van der Waals surface area contributed by atoms with Crippen molar-refractivity contribution >= 4 is 32.5 Å². The lowest BCUT2D eigenvalue weighted by atomic mass is 9.80. The molecule has 0 amide bonds. The Bertz CT molecular complexity index is 761. The van der Waals surface area contributed by atoms with E-state index in [1.54, 1.807) is 0 Å². The maximum absolute atomic E-state index is 12.3. The molecule has 0 aromatic rings. The highest BCUT2D eigenvalue weighted by Gasteiger charge is 2.41. The van der Waals surface area contributed by atoms with Crippen LogP contribution in [0.25, 0.3) is 0 Å². The van der Waals surface area contributed by atoms with Gasteiger partial charge in [0.05, 0.1) is 15.4 Å². The molecule has 0 aliphatic heterocycles. The van der Waals surface area contributed by atoms with Crippen molar-refractivity contribution in [3.63, 3.8) is 0 Å². The van der Waals surface area contributed by atoms with Crippen LogP contribution in [-0.2, 0) is 24.7 Å². The third kappa shape index (κ3) is 2.93. The molecule has 22 heavy (non-hydrogen) atoms. The van der Waals surface area contributed by atoms with Gasteiger partial charge in [0, 0.05) is 25.3 Å². The second-order valence-electron chi connectivity index (χ2n) is 4.89. The maximum atomic E-state index is 12.3. The van der Waals surface area contributed by atoms with E-state index in [1.807, 2.05) is 0 Å². The molecule has 0 unspecified atom stereocenters. The molecule has 0 atom stereocenters. The molecule has 0 aromatic carbocycles. The summed E-state index contributed by atoms with van der Waals surface area (Å²) in [6.07, 6.45) is 2.20. The van der Waals surface area contributed by atoms with Crippen molar-refractivity contribution in [3.05, 3.63) is 33.5 Å². The fourth-order valence-electron chi connectivity index (χ4n) is 2.44. The van der Waals surface area contributed by atoms with Crippen molar-refractivity contribution in [1.82, 2.24) is 0 Å². The third-order valence-corrected chi connectivity index (χ3v) is 4.22. The number of allylic oxidation sites excluding steroid dienone is 3. The Morgan fingerprint density at radius 1 is 1.23 bits per heavy atom. The summed E-state index contributed by atoms with van der Waals surface area (Å²) < 4.78 is 21.8. The molecule has 2 aliphatic rings. The summed E-state index contributed by atoms with van der Waals surface area (Å²) in [4.78, 5) is 45.8. The Balaban J connectivity index is 2.43. The molecule has 0 radical (unpaired) electrons. The van der Waals surface area contributed by atoms with Crippen LogP contribution in [0.15, 0.2) is 23.4 Å². The van der Waals surface area contributed by atoms with E-state index >= 15 is 0 Å². The number of hydrogen-bond acceptors (Lipinski definition) is 7. The van der Waals surface area contributed by atoms with Gasteiger partial charge in [0.2, 0.25) is 10.3 Å². The number of carbonyl (C=O) groups excluding carboxylic acids is 3. The molecular formula is C13H11NO7S. The Labute approximate surface area is 126 Å². The highest BCUT2D eigenvalue weighted by molar-refractivity contribution is 7.73. The smallest absolute Gasteiger partial charge is 0.281 e. The van der Waals surface area contributed by atoms with E-state index in [0.717, 1.165) is 12.2 Å². The van der Waals surface area contributed by atoms with Crippen LogP contribution in [0, 0.1) is 16.0 Å². The normalized spacial score (nSPS) is 19.5. The molecule has 116 valence electrons. The Morgan fingerprint density at radius 2 is 1.82 bits per heavy atom. The van der Waals surface area contributed by atoms with Crippen molar-refractivity contribution in [2.45, 2.75) is 25.7 Å². The number of ketones is 3. The first-order chi connectivity index (χ1) is 10.3. The predicted molar refractivity (Wildman–Crippen MR) is 74.1 cm³/mol. The fraction of sp³-hybridized carbons (Fsp3) is 0.385. The zero-order chi connectivity index (χ0) is 16.4. The molecule has 0 spiro atoms. The highest BCUT2D eigenvalue weighted by atomic mass is 32.2. The second-order valence-corrected chi connectivity index (χ2v) is 5.89. The minimum atomic E-state index is -2.64. The predicted octanol–water partition coefficient (Wildman–Crippen LogP) is 0.0360. The Kier molecular flexibility index (Phi) is 4.45. The van der Waals surface area contributed by atoms with Crippen LogP contribution in [0.2, 0.25) is 0 Å². The Morgan fingerprint density at radius 3 is 2.32 bits per heavy atom. The van der Waals surface area contributed by atoms with Gasteiger partial charge in [-0.15, -0.1) is 0 Å². The molecule has 2 aliphatic carbocycles.